The number of hydrogen-bond donors (Lipinski definition) is 4. The maximum atomic E-state index is 15.3. The molecule has 12 aromatic rings. The summed E-state index contributed by atoms with van der Waals surface area (Å²) in [5, 5.41) is 47.2. The summed E-state index contributed by atoms with van der Waals surface area (Å²) < 4.78 is 83.9. The number of aromatic hydroxyl groups is 4. The molecule has 0 bridgehead atoms. The molecule has 0 spiro atoms. The number of ether oxygens (including phenoxy) is 13. The maximum absolute atomic E-state index is 15.3. The lowest BCUT2D eigenvalue weighted by Crippen LogP contribution is -2.42. The molecule has 1 saturated heterocycles. The Balaban J connectivity index is 0.739. The van der Waals surface area contributed by atoms with E-state index in [2.05, 4.69) is 0 Å². The minimum Gasteiger partial charge on any atom is -0.504 e. The second-order valence-electron chi connectivity index (χ2n) is 25.3. The second-order valence-corrected chi connectivity index (χ2v) is 25.3. The van der Waals surface area contributed by atoms with Gasteiger partial charge < -0.3 is 82.0 Å². The first kappa shape index (κ1) is 65.4. The van der Waals surface area contributed by atoms with E-state index in [1.54, 1.807) is 206 Å². The van der Waals surface area contributed by atoms with Crippen LogP contribution in [0.2, 0.25) is 0 Å². The molecular formula is C85H58O21. The molecule has 5 heterocycles. The number of esters is 4. The van der Waals surface area contributed by atoms with E-state index in [0.29, 0.717) is 44.5 Å². The predicted molar refractivity (Wildman–Crippen MR) is 375 cm³/mol. The standard InChI is InChI=1S/C85H58O21/c86-62-41-50(45-66-71(62)103-82(99-66,54-25-9-1-10-26-54)55-27-11-2-12-28-55)77(90)94-49-70-75(96-78(91)51-42-63(87)72-67(46-51)100-83(104-72,56-29-13-3-14-30-56)57-31-15-4-16-32-57)76(97-79(92)52-43-64(88)73-68(47-52)101-84(105-73,58-33-17-5-18-34-58)59-35-19-6-20-36-59)81(95-70)98-80(93)53-44-65(89)74-69(48-53)102-85(106-74,60-37-21-7-22-38-60)61-39-23-8-24-40-61/h1-48,70,75-76,81,86-89H,49H2/t70-,75-,76-,81-/m1/s1. The monoisotopic (exact) mass is 1410 g/mol. The van der Waals surface area contributed by atoms with Crippen molar-refractivity contribution >= 4 is 23.9 Å². The van der Waals surface area contributed by atoms with Gasteiger partial charge in [0.25, 0.3) is 0 Å². The fourth-order valence-corrected chi connectivity index (χ4v) is 13.7. The van der Waals surface area contributed by atoms with E-state index >= 15 is 14.4 Å². The van der Waals surface area contributed by atoms with Gasteiger partial charge in [0.05, 0.1) is 22.3 Å². The Labute approximate surface area is 603 Å². The fourth-order valence-electron chi connectivity index (χ4n) is 13.7. The number of phenolic OH excluding ortho intramolecular Hbond substituents is 4. The zero-order valence-electron chi connectivity index (χ0n) is 55.5. The smallest absolute Gasteiger partial charge is 0.340 e. The molecule has 21 heteroatoms. The van der Waals surface area contributed by atoms with Crippen molar-refractivity contribution in [2.75, 3.05) is 6.61 Å². The van der Waals surface area contributed by atoms with Crippen LogP contribution in [-0.4, -0.2) is 75.5 Å². The number of rotatable bonds is 17. The van der Waals surface area contributed by atoms with Gasteiger partial charge in [-0.3, -0.25) is 0 Å². The topological polar surface area (TPSA) is 269 Å². The highest BCUT2D eigenvalue weighted by Gasteiger charge is 2.56. The van der Waals surface area contributed by atoms with Crippen LogP contribution >= 0.6 is 0 Å². The van der Waals surface area contributed by atoms with Gasteiger partial charge in [-0.05, 0) is 48.5 Å². The second kappa shape index (κ2) is 26.2. The lowest BCUT2D eigenvalue weighted by Gasteiger charge is -2.28. The molecule has 5 aliphatic heterocycles. The third-order valence-corrected chi connectivity index (χ3v) is 18.7. The number of carbonyl (C=O) groups is 4. The average molecular weight is 1420 g/mol. The van der Waals surface area contributed by atoms with E-state index < -0.39 is 101 Å². The van der Waals surface area contributed by atoms with E-state index in [1.807, 2.05) is 36.4 Å². The van der Waals surface area contributed by atoms with E-state index in [4.69, 9.17) is 61.6 Å². The average Bonchev–Trinajstić information content (AvgIpc) is 1.61. The maximum Gasteiger partial charge on any atom is 0.340 e. The lowest BCUT2D eigenvalue weighted by molar-refractivity contribution is -0.141. The van der Waals surface area contributed by atoms with Crippen molar-refractivity contribution in [1.29, 1.82) is 0 Å². The number of fused-ring (bicyclic) bond motifs is 4. The highest BCUT2D eigenvalue weighted by molar-refractivity contribution is 5.94. The van der Waals surface area contributed by atoms with Crippen molar-refractivity contribution in [1.82, 2.24) is 0 Å². The molecule has 0 radical (unpaired) electrons. The summed E-state index contributed by atoms with van der Waals surface area (Å²) in [5.74, 6) is -14.4. The zero-order chi connectivity index (χ0) is 72.3. The molecule has 0 amide bonds. The minimum atomic E-state index is -2.12. The van der Waals surface area contributed by atoms with Gasteiger partial charge in [-0.2, -0.15) is 0 Å². The predicted octanol–water partition coefficient (Wildman–Crippen LogP) is 14.4. The number of carbonyl (C=O) groups excluding carboxylic acids is 4. The first-order chi connectivity index (χ1) is 51.7. The number of phenols is 4. The van der Waals surface area contributed by atoms with Gasteiger partial charge in [0, 0.05) is 44.5 Å². The van der Waals surface area contributed by atoms with Crippen LogP contribution in [-0.2, 0) is 46.8 Å². The van der Waals surface area contributed by atoms with E-state index in [0.717, 1.165) is 24.3 Å². The first-order valence-corrected chi connectivity index (χ1v) is 33.6. The molecule has 0 aliphatic carbocycles. The summed E-state index contributed by atoms with van der Waals surface area (Å²) in [6, 6.07) is 80.8. The summed E-state index contributed by atoms with van der Waals surface area (Å²) in [5.41, 5.74) is 2.97. The van der Waals surface area contributed by atoms with E-state index in [9.17, 15) is 25.2 Å². The molecule has 106 heavy (non-hydrogen) atoms. The largest absolute Gasteiger partial charge is 0.504 e. The van der Waals surface area contributed by atoms with Gasteiger partial charge in [0.1, 0.15) is 12.7 Å². The highest BCUT2D eigenvalue weighted by Crippen LogP contribution is 2.57. The molecule has 21 nitrogen and oxygen atoms in total. The van der Waals surface area contributed by atoms with E-state index in [1.165, 1.54) is 24.3 Å². The third-order valence-electron chi connectivity index (χ3n) is 18.7. The van der Waals surface area contributed by atoms with Crippen LogP contribution in [0.25, 0.3) is 0 Å². The normalized spacial score (nSPS) is 18.1. The van der Waals surface area contributed by atoms with Crippen LogP contribution in [0.15, 0.2) is 291 Å². The highest BCUT2D eigenvalue weighted by atomic mass is 16.8. The van der Waals surface area contributed by atoms with Crippen LogP contribution in [0.4, 0.5) is 0 Å². The Kier molecular flexibility index (Phi) is 16.1. The third kappa shape index (κ3) is 11.3. The Morgan fingerprint density at radius 3 is 0.764 bits per heavy atom. The van der Waals surface area contributed by atoms with Crippen LogP contribution in [0.1, 0.15) is 85.9 Å². The van der Waals surface area contributed by atoms with Gasteiger partial charge in [-0.25, -0.2) is 19.2 Å². The molecule has 17 rings (SSSR count). The summed E-state index contributed by atoms with van der Waals surface area (Å²) >= 11 is 0. The summed E-state index contributed by atoms with van der Waals surface area (Å²) in [4.78, 5) is 60.3. The molecule has 4 atom stereocenters. The van der Waals surface area contributed by atoms with Gasteiger partial charge in [-0.15, -0.1) is 0 Å². The molecular weight excluding hydrogens is 1360 g/mol. The lowest BCUT2D eigenvalue weighted by atomic mass is 9.97. The quantitative estimate of drug-likeness (QED) is 0.0487. The van der Waals surface area contributed by atoms with Crippen LogP contribution < -0.4 is 37.9 Å². The van der Waals surface area contributed by atoms with Crippen molar-refractivity contribution in [2.45, 2.75) is 47.8 Å². The molecule has 4 N–H and O–H groups in total. The van der Waals surface area contributed by atoms with Gasteiger partial charge >= 0.3 is 47.0 Å². The van der Waals surface area contributed by atoms with Crippen molar-refractivity contribution in [3.05, 3.63) is 358 Å². The molecule has 0 unspecified atom stereocenters. The number of hydrogen-bond acceptors (Lipinski definition) is 21. The van der Waals surface area contributed by atoms with Crippen molar-refractivity contribution < 1.29 is 101 Å². The van der Waals surface area contributed by atoms with Crippen LogP contribution in [0, 0.1) is 0 Å². The van der Waals surface area contributed by atoms with Gasteiger partial charge in [0.2, 0.25) is 35.4 Å². The summed E-state index contributed by atoms with van der Waals surface area (Å²) in [7, 11) is 0. The Bertz CT molecular complexity index is 5210. The number of benzene rings is 12. The fraction of sp³-hybridized carbons (Fsp3) is 0.106. The summed E-state index contributed by atoms with van der Waals surface area (Å²) in [6.45, 7) is -0.882. The van der Waals surface area contributed by atoms with E-state index in [-0.39, 0.29) is 68.2 Å². The Morgan fingerprint density at radius 2 is 0.509 bits per heavy atom. The molecule has 0 aromatic heterocycles. The SMILES string of the molecule is O=C(OC[C@H]1O[C@H](OC(=O)c2cc(O)c3c(c2)OC(c2ccccc2)(c2ccccc2)O3)[C@H](OC(=O)c2cc(O)c3c(c2)OC(c2ccccc2)(c2ccccc2)O3)[C@@H]1OC(=O)c1cc(O)c2c(c1)OC(c1ccccc1)(c1ccccc1)O2)c1cc(O)c2c(c1)OC(c1ccccc1)(c1ccccc1)O2. The Hall–Kier alpha value is -13.9. The Morgan fingerprint density at radius 1 is 0.283 bits per heavy atom. The van der Waals surface area contributed by atoms with Crippen molar-refractivity contribution in [2.24, 2.45) is 0 Å². The van der Waals surface area contributed by atoms with Crippen molar-refractivity contribution in [3.63, 3.8) is 0 Å². The minimum absolute atomic E-state index is 0.0416. The molecule has 1 fully saturated rings. The summed E-state index contributed by atoms with van der Waals surface area (Å²) in [6.07, 6.45) is -7.89. The van der Waals surface area contributed by atoms with Gasteiger partial charge in [-0.1, -0.05) is 243 Å². The van der Waals surface area contributed by atoms with Crippen molar-refractivity contribution in [3.8, 4) is 69.0 Å². The van der Waals surface area contributed by atoms with Gasteiger partial charge in [0.15, 0.2) is 52.1 Å². The molecule has 12 aromatic carbocycles. The molecule has 0 saturated carbocycles. The zero-order valence-corrected chi connectivity index (χ0v) is 55.5. The van der Waals surface area contributed by atoms with Crippen LogP contribution in [0.5, 0.6) is 69.0 Å². The first-order valence-electron chi connectivity index (χ1n) is 33.6. The van der Waals surface area contributed by atoms with Crippen LogP contribution in [0.3, 0.4) is 0 Å². The molecule has 5 aliphatic rings. The molecule has 524 valence electrons.